The van der Waals surface area contributed by atoms with Gasteiger partial charge in [-0.2, -0.15) is 0 Å². The Morgan fingerprint density at radius 3 is 2.60 bits per heavy atom. The Morgan fingerprint density at radius 1 is 1.12 bits per heavy atom. The topological polar surface area (TPSA) is 60.5 Å². The summed E-state index contributed by atoms with van der Waals surface area (Å²) in [6, 6.07) is 12.8. The van der Waals surface area contributed by atoms with Gasteiger partial charge in [-0.3, -0.25) is 10.1 Å². The van der Waals surface area contributed by atoms with E-state index in [2.05, 4.69) is 26.2 Å². The second-order valence-electron chi connectivity index (χ2n) is 5.04. The van der Waals surface area contributed by atoms with Crippen LogP contribution < -0.4 is 14.8 Å². The number of carbonyl (C=O) groups is 1. The number of methoxy groups -OCH3 is 2. The first-order valence-corrected chi connectivity index (χ1v) is 9.03. The van der Waals surface area contributed by atoms with Gasteiger partial charge in [-0.1, -0.05) is 12.1 Å². The fraction of sp³-hybridized carbons (Fsp3) is 0.111. The molecule has 128 valence electrons. The maximum absolute atomic E-state index is 12.4. The van der Waals surface area contributed by atoms with Crippen molar-refractivity contribution >= 4 is 38.3 Å². The Morgan fingerprint density at radius 2 is 1.88 bits per heavy atom. The molecule has 0 aliphatic rings. The van der Waals surface area contributed by atoms with Crippen molar-refractivity contribution in [1.29, 1.82) is 0 Å². The van der Waals surface area contributed by atoms with Crippen molar-refractivity contribution in [1.82, 2.24) is 4.98 Å². The molecule has 3 aromatic rings. The highest BCUT2D eigenvalue weighted by molar-refractivity contribution is 9.10. The van der Waals surface area contributed by atoms with Gasteiger partial charge in [0.25, 0.3) is 5.91 Å². The summed E-state index contributed by atoms with van der Waals surface area (Å²) < 4.78 is 11.3. The number of halogens is 1. The fourth-order valence-electron chi connectivity index (χ4n) is 2.27. The number of carbonyl (C=O) groups excluding carboxylic acids is 1. The molecule has 1 aromatic heterocycles. The molecule has 0 fully saturated rings. The summed E-state index contributed by atoms with van der Waals surface area (Å²) in [6.07, 6.45) is 0. The molecule has 0 unspecified atom stereocenters. The number of rotatable bonds is 5. The molecule has 1 N–H and O–H groups in total. The lowest BCUT2D eigenvalue weighted by atomic mass is 10.1. The van der Waals surface area contributed by atoms with Crippen molar-refractivity contribution in [2.24, 2.45) is 0 Å². The van der Waals surface area contributed by atoms with Crippen molar-refractivity contribution in [2.75, 3.05) is 19.5 Å². The molecule has 3 rings (SSSR count). The average molecular weight is 419 g/mol. The lowest BCUT2D eigenvalue weighted by Crippen LogP contribution is -2.12. The second kappa shape index (κ2) is 7.67. The third kappa shape index (κ3) is 3.83. The molecule has 25 heavy (non-hydrogen) atoms. The van der Waals surface area contributed by atoms with E-state index < -0.39 is 0 Å². The maximum Gasteiger partial charge on any atom is 0.258 e. The predicted molar refractivity (Wildman–Crippen MR) is 103 cm³/mol. The highest BCUT2D eigenvalue weighted by Gasteiger charge is 2.13. The third-order valence-electron chi connectivity index (χ3n) is 3.52. The van der Waals surface area contributed by atoms with Gasteiger partial charge < -0.3 is 9.47 Å². The van der Waals surface area contributed by atoms with Gasteiger partial charge in [0, 0.05) is 15.4 Å². The first-order valence-electron chi connectivity index (χ1n) is 7.36. The summed E-state index contributed by atoms with van der Waals surface area (Å²) in [7, 11) is 3.18. The number of aromatic nitrogens is 1. The summed E-state index contributed by atoms with van der Waals surface area (Å²) in [6.45, 7) is 0. The van der Waals surface area contributed by atoms with Crippen LogP contribution in [-0.4, -0.2) is 25.1 Å². The lowest BCUT2D eigenvalue weighted by molar-refractivity contribution is 0.102. The van der Waals surface area contributed by atoms with Crippen LogP contribution in [-0.2, 0) is 0 Å². The van der Waals surface area contributed by atoms with Crippen molar-refractivity contribution < 1.29 is 14.3 Å². The van der Waals surface area contributed by atoms with Gasteiger partial charge in [-0.05, 0) is 46.3 Å². The van der Waals surface area contributed by atoms with Crippen molar-refractivity contribution in [2.45, 2.75) is 0 Å². The Hall–Kier alpha value is -2.38. The number of anilines is 1. The number of benzene rings is 2. The maximum atomic E-state index is 12.4. The Kier molecular flexibility index (Phi) is 5.35. The number of nitrogens with zero attached hydrogens (tertiary/aromatic N) is 1. The minimum Gasteiger partial charge on any atom is -0.493 e. The monoisotopic (exact) mass is 418 g/mol. The van der Waals surface area contributed by atoms with Gasteiger partial charge in [-0.15, -0.1) is 11.3 Å². The van der Waals surface area contributed by atoms with E-state index in [1.54, 1.807) is 20.3 Å². The summed E-state index contributed by atoms with van der Waals surface area (Å²) in [5.74, 6) is 1.08. The Balaban J connectivity index is 1.81. The van der Waals surface area contributed by atoms with E-state index in [0.29, 0.717) is 22.2 Å². The quantitative estimate of drug-likeness (QED) is 0.643. The molecule has 0 saturated carbocycles. The molecule has 0 aliphatic carbocycles. The predicted octanol–water partition coefficient (Wildman–Crippen LogP) is 4.84. The normalized spacial score (nSPS) is 10.4. The highest BCUT2D eigenvalue weighted by Crippen LogP contribution is 2.33. The van der Waals surface area contributed by atoms with Gasteiger partial charge in [0.15, 0.2) is 16.6 Å². The minimum atomic E-state index is -0.208. The average Bonchev–Trinajstić information content (AvgIpc) is 3.09. The molecule has 0 spiro atoms. The smallest absolute Gasteiger partial charge is 0.258 e. The number of thiazole rings is 1. The fourth-order valence-corrected chi connectivity index (χ4v) is 3.45. The van der Waals surface area contributed by atoms with Crippen LogP contribution in [0.25, 0.3) is 11.3 Å². The zero-order valence-electron chi connectivity index (χ0n) is 13.6. The number of amides is 1. The van der Waals surface area contributed by atoms with Crippen LogP contribution in [0.3, 0.4) is 0 Å². The standard InChI is InChI=1S/C18H15BrN2O3S/c1-23-15-8-7-11(9-16(15)24-2)14-10-25-18(20-14)21-17(22)12-5-3-4-6-13(12)19/h3-10H,1-2H3,(H,20,21,22). The molecular weight excluding hydrogens is 404 g/mol. The Labute approximate surface area is 157 Å². The van der Waals surface area contributed by atoms with Crippen LogP contribution in [0.2, 0.25) is 0 Å². The van der Waals surface area contributed by atoms with Crippen LogP contribution in [0.1, 0.15) is 10.4 Å². The molecular formula is C18H15BrN2O3S. The zero-order chi connectivity index (χ0) is 17.8. The van der Waals surface area contributed by atoms with Crippen molar-refractivity contribution in [3.05, 3.63) is 57.9 Å². The zero-order valence-corrected chi connectivity index (χ0v) is 16.0. The minimum absolute atomic E-state index is 0.208. The van der Waals surface area contributed by atoms with Gasteiger partial charge in [0.1, 0.15) is 0 Å². The van der Waals surface area contributed by atoms with Crippen molar-refractivity contribution in [3.8, 4) is 22.8 Å². The first kappa shape index (κ1) is 17.4. The number of nitrogens with one attached hydrogen (secondary N) is 1. The van der Waals surface area contributed by atoms with Crippen LogP contribution in [0.15, 0.2) is 52.3 Å². The van der Waals surface area contributed by atoms with Gasteiger partial charge in [0.2, 0.25) is 0 Å². The van der Waals surface area contributed by atoms with Gasteiger partial charge in [0.05, 0.1) is 25.5 Å². The molecule has 0 radical (unpaired) electrons. The number of hydrogen-bond donors (Lipinski definition) is 1. The van der Waals surface area contributed by atoms with E-state index in [-0.39, 0.29) is 5.91 Å². The van der Waals surface area contributed by atoms with Crippen LogP contribution >= 0.6 is 27.3 Å². The van der Waals surface area contributed by atoms with Crippen LogP contribution in [0.5, 0.6) is 11.5 Å². The van der Waals surface area contributed by atoms with E-state index in [9.17, 15) is 4.79 Å². The van der Waals surface area contributed by atoms with E-state index in [1.165, 1.54) is 11.3 Å². The first-order chi connectivity index (χ1) is 12.1. The molecule has 0 aliphatic heterocycles. The van der Waals surface area contributed by atoms with Gasteiger partial charge >= 0.3 is 0 Å². The summed E-state index contributed by atoms with van der Waals surface area (Å²) in [5.41, 5.74) is 2.20. The Bertz CT molecular complexity index is 911. The van der Waals surface area contributed by atoms with E-state index in [1.807, 2.05) is 41.8 Å². The molecule has 7 heteroatoms. The molecule has 0 bridgehead atoms. The van der Waals surface area contributed by atoms with E-state index in [4.69, 9.17) is 9.47 Å². The van der Waals surface area contributed by atoms with Gasteiger partial charge in [-0.25, -0.2) is 4.98 Å². The van der Waals surface area contributed by atoms with Crippen LogP contribution in [0, 0.1) is 0 Å². The molecule has 1 heterocycles. The molecule has 5 nitrogen and oxygen atoms in total. The highest BCUT2D eigenvalue weighted by atomic mass is 79.9. The molecule has 0 saturated heterocycles. The number of ether oxygens (including phenoxy) is 2. The van der Waals surface area contributed by atoms with E-state index in [0.717, 1.165) is 15.7 Å². The summed E-state index contributed by atoms with van der Waals surface area (Å²) >= 11 is 4.74. The van der Waals surface area contributed by atoms with Crippen LogP contribution in [0.4, 0.5) is 5.13 Å². The summed E-state index contributed by atoms with van der Waals surface area (Å²) in [5, 5.41) is 5.24. The molecule has 2 aromatic carbocycles. The summed E-state index contributed by atoms with van der Waals surface area (Å²) in [4.78, 5) is 16.8. The SMILES string of the molecule is COc1ccc(-c2csc(NC(=O)c3ccccc3Br)n2)cc1OC. The third-order valence-corrected chi connectivity index (χ3v) is 4.97. The molecule has 1 amide bonds. The molecule has 0 atom stereocenters. The largest absolute Gasteiger partial charge is 0.493 e. The van der Waals surface area contributed by atoms with E-state index >= 15 is 0 Å². The van der Waals surface area contributed by atoms with Crippen molar-refractivity contribution in [3.63, 3.8) is 0 Å². The number of hydrogen-bond acceptors (Lipinski definition) is 5. The lowest BCUT2D eigenvalue weighted by Gasteiger charge is -2.08. The second-order valence-corrected chi connectivity index (χ2v) is 6.75.